The molecule has 0 saturated carbocycles. The molecule has 1 aliphatic carbocycles. The van der Waals surface area contributed by atoms with Crippen molar-refractivity contribution in [1.29, 1.82) is 0 Å². The molecule has 1 aliphatic rings. The fourth-order valence-electron chi connectivity index (χ4n) is 3.51. The number of para-hydroxylation sites is 2. The number of carbonyl (C=O) groups is 2. The molecule has 7 nitrogen and oxygen atoms in total. The Morgan fingerprint density at radius 1 is 0.650 bits per heavy atom. The second kappa shape index (κ2) is 16.0. The van der Waals surface area contributed by atoms with Gasteiger partial charge in [0.1, 0.15) is 11.5 Å². The van der Waals surface area contributed by atoms with Gasteiger partial charge in [-0.25, -0.2) is 9.59 Å². The van der Waals surface area contributed by atoms with Gasteiger partial charge in [0.2, 0.25) is 0 Å². The van der Waals surface area contributed by atoms with Crippen LogP contribution in [0.2, 0.25) is 0 Å². The van der Waals surface area contributed by atoms with E-state index in [-0.39, 0.29) is 0 Å². The smallest absolute Gasteiger partial charge is 0.366 e. The summed E-state index contributed by atoms with van der Waals surface area (Å²) in [6.45, 7) is 7.37. The molecule has 0 unspecified atom stereocenters. The fraction of sp³-hybridized carbons (Fsp3) is 0.0909. The first-order chi connectivity index (χ1) is 19.1. The second-order valence-corrected chi connectivity index (χ2v) is 8.30. The zero-order valence-corrected chi connectivity index (χ0v) is 22.1. The summed E-state index contributed by atoms with van der Waals surface area (Å²) in [7, 11) is 0. The first kappa shape index (κ1) is 31.1. The molecule has 40 heavy (non-hydrogen) atoms. The van der Waals surface area contributed by atoms with E-state index in [1.165, 1.54) is 29.2 Å². The highest BCUT2D eigenvalue weighted by molar-refractivity contribution is 5.79. The van der Waals surface area contributed by atoms with Gasteiger partial charge in [0.15, 0.2) is 0 Å². The summed E-state index contributed by atoms with van der Waals surface area (Å²) in [4.78, 5) is 18.5. The molecule has 0 fully saturated rings. The van der Waals surface area contributed by atoms with Gasteiger partial charge in [-0.1, -0.05) is 98.1 Å². The zero-order valence-electron chi connectivity index (χ0n) is 22.1. The van der Waals surface area contributed by atoms with E-state index in [0.29, 0.717) is 11.5 Å². The molecule has 0 bridgehead atoms. The Hall–Kier alpha value is -5.14. The molecule has 0 amide bonds. The number of aliphatic carboxylic acids is 2. The first-order valence-electron chi connectivity index (χ1n) is 12.2. The van der Waals surface area contributed by atoms with E-state index >= 15 is 0 Å². The van der Waals surface area contributed by atoms with Crippen LogP contribution in [0.1, 0.15) is 18.1 Å². The van der Waals surface area contributed by atoms with Crippen LogP contribution in [0.3, 0.4) is 0 Å². The molecule has 3 N–H and O–H groups in total. The van der Waals surface area contributed by atoms with Gasteiger partial charge in [-0.15, -0.1) is 0 Å². The summed E-state index contributed by atoms with van der Waals surface area (Å²) in [5.41, 5.74) is 5.75. The predicted octanol–water partition coefficient (Wildman–Crippen LogP) is 6.58. The minimum atomic E-state index is -1.69. The number of hydrogen-bond acceptors (Lipinski definition) is 5. The predicted molar refractivity (Wildman–Crippen MR) is 155 cm³/mol. The van der Waals surface area contributed by atoms with Gasteiger partial charge in [-0.2, -0.15) is 0 Å². The third kappa shape index (κ3) is 11.1. The maximum atomic E-state index is 9.98. The normalized spacial score (nSPS) is 10.2. The molecule has 0 aromatic heterocycles. The average Bonchev–Trinajstić information content (AvgIpc) is 3.33. The Balaban J connectivity index is 0.000000214. The summed E-state index contributed by atoms with van der Waals surface area (Å²) in [5.74, 6) is -2.56. The van der Waals surface area contributed by atoms with Gasteiger partial charge in [-0.3, -0.25) is 0 Å². The van der Waals surface area contributed by atoms with Gasteiger partial charge >= 0.3 is 17.9 Å². The number of hydrogen-bond donors (Lipinski definition) is 3. The van der Waals surface area contributed by atoms with Crippen molar-refractivity contribution in [1.82, 2.24) is 0 Å². The third-order valence-electron chi connectivity index (χ3n) is 5.16. The number of fused-ring (bicyclic) bond motifs is 3. The van der Waals surface area contributed by atoms with E-state index in [9.17, 15) is 14.7 Å². The average molecular weight is 541 g/mol. The Morgan fingerprint density at radius 2 is 0.950 bits per heavy atom. The van der Waals surface area contributed by atoms with Crippen molar-refractivity contribution >= 4 is 11.9 Å². The second-order valence-electron chi connectivity index (χ2n) is 8.30. The van der Waals surface area contributed by atoms with Gasteiger partial charge in [-0.05, 0) is 52.9 Å². The van der Waals surface area contributed by atoms with E-state index in [2.05, 4.69) is 61.7 Å². The number of carboxylic acids is 2. The third-order valence-corrected chi connectivity index (χ3v) is 5.16. The molecule has 206 valence electrons. The maximum absolute atomic E-state index is 9.98. The van der Waals surface area contributed by atoms with Gasteiger partial charge in [0, 0.05) is 19.1 Å². The highest BCUT2D eigenvalue weighted by Crippen LogP contribution is 2.35. The molecule has 0 spiro atoms. The summed E-state index contributed by atoms with van der Waals surface area (Å²) >= 11 is 0. The Bertz CT molecular complexity index is 1280. The highest BCUT2D eigenvalue weighted by atomic mass is 16.8. The van der Waals surface area contributed by atoms with Gasteiger partial charge in [0.05, 0.1) is 0 Å². The largest absolute Gasteiger partial charge is 0.478 e. The first-order valence-corrected chi connectivity index (χ1v) is 12.2. The lowest BCUT2D eigenvalue weighted by Crippen LogP contribution is -2.38. The van der Waals surface area contributed by atoms with Crippen LogP contribution in [0.4, 0.5) is 0 Å². The Morgan fingerprint density at radius 3 is 1.27 bits per heavy atom. The molecule has 0 saturated heterocycles. The molecular weight excluding hydrogens is 508 g/mol. The van der Waals surface area contributed by atoms with E-state index in [0.717, 1.165) is 18.6 Å². The number of ether oxygens (including phenoxy) is 2. The van der Waals surface area contributed by atoms with Crippen molar-refractivity contribution in [2.24, 2.45) is 0 Å². The molecule has 7 heteroatoms. The molecule has 0 atom stereocenters. The van der Waals surface area contributed by atoms with Crippen LogP contribution in [0.25, 0.3) is 11.1 Å². The van der Waals surface area contributed by atoms with Crippen LogP contribution < -0.4 is 9.47 Å². The standard InChI is InChI=1S/C14H14O3.C13H10.2C3H4O2/c1-14(15,16-12-8-4-2-5-9-12)17-13-10-6-3-7-11-13;1-3-7-12-10(5-1)9-11-6-2-4-8-13(11)12;2*1-2-3(4)5/h2-11,15H,1H3;1-8H,9H2;2*2H,1H2,(H,4,5). The summed E-state index contributed by atoms with van der Waals surface area (Å²) in [5, 5.41) is 25.2. The highest BCUT2D eigenvalue weighted by Gasteiger charge is 2.24. The SMILES string of the molecule is C=CC(=O)O.C=CC(=O)O.CC(O)(Oc1ccccc1)Oc1ccccc1.c1ccc2c(c1)Cc1ccccc1-2. The molecule has 5 rings (SSSR count). The van der Waals surface area contributed by atoms with Crippen LogP contribution in [0.15, 0.2) is 135 Å². The Kier molecular flexibility index (Phi) is 12.4. The molecular formula is C33H32O7. The van der Waals surface area contributed by atoms with Gasteiger partial charge < -0.3 is 24.8 Å². The van der Waals surface area contributed by atoms with Crippen LogP contribution in [0.5, 0.6) is 11.5 Å². The lowest BCUT2D eigenvalue weighted by Gasteiger charge is -2.25. The molecule has 0 radical (unpaired) electrons. The molecule has 0 heterocycles. The number of benzene rings is 4. The fourth-order valence-corrected chi connectivity index (χ4v) is 3.51. The molecule has 4 aromatic rings. The lowest BCUT2D eigenvalue weighted by atomic mass is 10.1. The van der Waals surface area contributed by atoms with E-state index in [1.54, 1.807) is 24.3 Å². The minimum absolute atomic E-state index is 0.549. The van der Waals surface area contributed by atoms with Crippen molar-refractivity contribution in [3.05, 3.63) is 146 Å². The van der Waals surface area contributed by atoms with Crippen LogP contribution >= 0.6 is 0 Å². The topological polar surface area (TPSA) is 113 Å². The number of carboxylic acid groups (broad SMARTS) is 2. The monoisotopic (exact) mass is 540 g/mol. The van der Waals surface area contributed by atoms with E-state index in [1.807, 2.05) is 36.4 Å². The minimum Gasteiger partial charge on any atom is -0.478 e. The van der Waals surface area contributed by atoms with Crippen molar-refractivity contribution in [3.8, 4) is 22.6 Å². The molecule has 0 aliphatic heterocycles. The van der Waals surface area contributed by atoms with Crippen molar-refractivity contribution in [2.75, 3.05) is 0 Å². The lowest BCUT2D eigenvalue weighted by molar-refractivity contribution is -0.258. The summed E-state index contributed by atoms with van der Waals surface area (Å²) in [6.07, 6.45) is 2.77. The number of rotatable bonds is 6. The van der Waals surface area contributed by atoms with Gasteiger partial charge in [0.25, 0.3) is 0 Å². The molecule has 4 aromatic carbocycles. The maximum Gasteiger partial charge on any atom is 0.366 e. The zero-order chi connectivity index (χ0) is 29.4. The van der Waals surface area contributed by atoms with Crippen LogP contribution in [-0.4, -0.2) is 33.2 Å². The van der Waals surface area contributed by atoms with E-state index < -0.39 is 17.9 Å². The Labute approximate surface area is 233 Å². The quantitative estimate of drug-likeness (QED) is 0.165. The van der Waals surface area contributed by atoms with E-state index in [4.69, 9.17) is 19.7 Å². The van der Waals surface area contributed by atoms with Crippen LogP contribution in [0, 0.1) is 0 Å². The number of aliphatic hydroxyl groups is 1. The van der Waals surface area contributed by atoms with Crippen molar-refractivity contribution < 1.29 is 34.4 Å². The summed E-state index contributed by atoms with van der Waals surface area (Å²) < 4.78 is 10.7. The van der Waals surface area contributed by atoms with Crippen molar-refractivity contribution in [2.45, 2.75) is 19.3 Å². The van der Waals surface area contributed by atoms with Crippen molar-refractivity contribution in [3.63, 3.8) is 0 Å². The van der Waals surface area contributed by atoms with Crippen LogP contribution in [-0.2, 0) is 16.0 Å². The summed E-state index contributed by atoms with van der Waals surface area (Å²) in [6, 6.07) is 35.4.